The minimum Gasteiger partial charge on any atom is -0.348 e. The maximum Gasteiger partial charge on any atom is 0.127 e. The van der Waals surface area contributed by atoms with Crippen LogP contribution in [-0.4, -0.2) is 21.4 Å². The van der Waals surface area contributed by atoms with E-state index < -0.39 is 0 Å². The van der Waals surface area contributed by atoms with Crippen molar-refractivity contribution in [3.63, 3.8) is 0 Å². The van der Waals surface area contributed by atoms with Crippen LogP contribution in [0.3, 0.4) is 0 Å². The third-order valence-corrected chi connectivity index (χ3v) is 2.77. The molecule has 0 saturated carbocycles. The molecule has 0 atom stereocenters. The Morgan fingerprint density at radius 1 is 1.39 bits per heavy atom. The van der Waals surface area contributed by atoms with Crippen molar-refractivity contribution < 1.29 is 4.63 Å². The van der Waals surface area contributed by atoms with Crippen LogP contribution in [0.15, 0.2) is 23.1 Å². The number of nitrogens with zero attached hydrogens (tertiary/aromatic N) is 3. The van der Waals surface area contributed by atoms with Crippen molar-refractivity contribution >= 4 is 0 Å². The van der Waals surface area contributed by atoms with Crippen LogP contribution in [0.5, 0.6) is 0 Å². The van der Waals surface area contributed by atoms with Gasteiger partial charge in [-0.1, -0.05) is 24.2 Å². The summed E-state index contributed by atoms with van der Waals surface area (Å²) in [7, 11) is 0. The van der Waals surface area contributed by atoms with E-state index in [0.29, 0.717) is 12.5 Å². The minimum atomic E-state index is 0.677. The largest absolute Gasteiger partial charge is 0.348 e. The van der Waals surface area contributed by atoms with Crippen LogP contribution < -0.4 is 5.32 Å². The van der Waals surface area contributed by atoms with E-state index in [1.807, 2.05) is 6.92 Å². The van der Waals surface area contributed by atoms with Gasteiger partial charge in [0, 0.05) is 18.9 Å². The smallest absolute Gasteiger partial charge is 0.127 e. The van der Waals surface area contributed by atoms with Gasteiger partial charge in [0.15, 0.2) is 0 Å². The number of hydrogen-bond donors (Lipinski definition) is 1. The van der Waals surface area contributed by atoms with Crippen LogP contribution in [0.1, 0.15) is 30.8 Å². The van der Waals surface area contributed by atoms with Gasteiger partial charge in [0.25, 0.3) is 0 Å². The van der Waals surface area contributed by atoms with Crippen molar-refractivity contribution in [2.75, 3.05) is 6.54 Å². The van der Waals surface area contributed by atoms with Crippen LogP contribution in [0, 0.1) is 12.8 Å². The zero-order valence-electron chi connectivity index (χ0n) is 11.2. The first-order valence-corrected chi connectivity index (χ1v) is 6.28. The standard InChI is InChI=1S/C13H20N4O/c1-10(2)6-14-7-12-4-5-17(8-12)9-13-11(3)15-18-16-13/h4-5,8,10,14H,6-7,9H2,1-3H3. The molecule has 0 radical (unpaired) electrons. The van der Waals surface area contributed by atoms with E-state index in [4.69, 9.17) is 0 Å². The van der Waals surface area contributed by atoms with E-state index >= 15 is 0 Å². The maximum atomic E-state index is 4.69. The van der Waals surface area contributed by atoms with Gasteiger partial charge in [-0.15, -0.1) is 0 Å². The van der Waals surface area contributed by atoms with E-state index in [2.05, 4.69) is 57.1 Å². The number of nitrogens with one attached hydrogen (secondary N) is 1. The fraction of sp³-hybridized carbons (Fsp3) is 0.538. The first kappa shape index (κ1) is 12.8. The molecule has 0 bridgehead atoms. The molecular weight excluding hydrogens is 228 g/mol. The highest BCUT2D eigenvalue weighted by Crippen LogP contribution is 2.07. The molecule has 2 rings (SSSR count). The Morgan fingerprint density at radius 2 is 2.22 bits per heavy atom. The first-order valence-electron chi connectivity index (χ1n) is 6.28. The van der Waals surface area contributed by atoms with Crippen molar-refractivity contribution in [3.8, 4) is 0 Å². The molecule has 1 N–H and O–H groups in total. The second-order valence-electron chi connectivity index (χ2n) is 5.01. The molecule has 0 aliphatic heterocycles. The second kappa shape index (κ2) is 5.82. The molecule has 2 aromatic rings. The molecular formula is C13H20N4O. The monoisotopic (exact) mass is 248 g/mol. The molecule has 0 saturated heterocycles. The summed E-state index contributed by atoms with van der Waals surface area (Å²) in [5, 5.41) is 11.1. The predicted molar refractivity (Wildman–Crippen MR) is 69.1 cm³/mol. The number of rotatable bonds is 6. The molecule has 0 amide bonds. The van der Waals surface area contributed by atoms with E-state index in [-0.39, 0.29) is 0 Å². The van der Waals surface area contributed by atoms with Gasteiger partial charge < -0.3 is 9.88 Å². The molecule has 2 heterocycles. The highest BCUT2D eigenvalue weighted by Gasteiger charge is 2.06. The SMILES string of the molecule is Cc1nonc1Cn1ccc(CNCC(C)C)c1. The average molecular weight is 248 g/mol. The Bertz CT molecular complexity index is 487. The fourth-order valence-electron chi connectivity index (χ4n) is 1.76. The molecule has 2 aromatic heterocycles. The van der Waals surface area contributed by atoms with Crippen LogP contribution in [0.4, 0.5) is 0 Å². The summed E-state index contributed by atoms with van der Waals surface area (Å²) in [6.07, 6.45) is 4.18. The zero-order valence-corrected chi connectivity index (χ0v) is 11.2. The Morgan fingerprint density at radius 3 is 2.89 bits per heavy atom. The highest BCUT2D eigenvalue weighted by molar-refractivity contribution is 5.13. The molecule has 5 heteroatoms. The normalized spacial score (nSPS) is 11.3. The minimum absolute atomic E-state index is 0.677. The Labute approximate surface area is 107 Å². The van der Waals surface area contributed by atoms with Crippen molar-refractivity contribution in [1.82, 2.24) is 20.2 Å². The van der Waals surface area contributed by atoms with Gasteiger partial charge >= 0.3 is 0 Å². The van der Waals surface area contributed by atoms with Crippen molar-refractivity contribution in [2.45, 2.75) is 33.9 Å². The summed E-state index contributed by atoms with van der Waals surface area (Å²) in [6, 6.07) is 2.12. The molecule has 0 spiro atoms. The van der Waals surface area contributed by atoms with Gasteiger partial charge in [-0.2, -0.15) is 0 Å². The number of aryl methyl sites for hydroxylation is 1. The third-order valence-electron chi connectivity index (χ3n) is 2.77. The van der Waals surface area contributed by atoms with E-state index in [0.717, 1.165) is 24.5 Å². The first-order chi connectivity index (χ1) is 8.65. The predicted octanol–water partition coefficient (Wildman–Crippen LogP) is 1.97. The van der Waals surface area contributed by atoms with Gasteiger partial charge in [-0.05, 0) is 31.0 Å². The third kappa shape index (κ3) is 3.43. The molecule has 98 valence electrons. The average Bonchev–Trinajstić information content (AvgIpc) is 2.90. The maximum absolute atomic E-state index is 4.69. The van der Waals surface area contributed by atoms with Gasteiger partial charge in [-0.3, -0.25) is 0 Å². The van der Waals surface area contributed by atoms with Crippen molar-refractivity contribution in [1.29, 1.82) is 0 Å². The summed E-state index contributed by atoms with van der Waals surface area (Å²) in [5.74, 6) is 0.677. The summed E-state index contributed by atoms with van der Waals surface area (Å²) < 4.78 is 6.79. The fourth-order valence-corrected chi connectivity index (χ4v) is 1.76. The molecule has 0 aromatic carbocycles. The Kier molecular flexibility index (Phi) is 4.15. The van der Waals surface area contributed by atoms with E-state index in [9.17, 15) is 0 Å². The van der Waals surface area contributed by atoms with Crippen LogP contribution in [0.2, 0.25) is 0 Å². The molecule has 18 heavy (non-hydrogen) atoms. The topological polar surface area (TPSA) is 55.9 Å². The highest BCUT2D eigenvalue weighted by atomic mass is 16.6. The lowest BCUT2D eigenvalue weighted by Crippen LogP contribution is -2.18. The lowest BCUT2D eigenvalue weighted by Gasteiger charge is -2.05. The zero-order chi connectivity index (χ0) is 13.0. The summed E-state index contributed by atoms with van der Waals surface area (Å²) >= 11 is 0. The molecule has 0 fully saturated rings. The molecule has 0 aliphatic rings. The summed E-state index contributed by atoms with van der Waals surface area (Å²) in [6.45, 7) is 8.97. The van der Waals surface area contributed by atoms with E-state index in [1.165, 1.54) is 5.56 Å². The Balaban J connectivity index is 1.88. The molecule has 0 aliphatic carbocycles. The van der Waals surface area contributed by atoms with Crippen molar-refractivity contribution in [2.24, 2.45) is 5.92 Å². The quantitative estimate of drug-likeness (QED) is 0.849. The summed E-state index contributed by atoms with van der Waals surface area (Å²) in [4.78, 5) is 0. The molecule has 0 unspecified atom stereocenters. The van der Waals surface area contributed by atoms with Crippen LogP contribution in [0.25, 0.3) is 0 Å². The number of aromatic nitrogens is 3. The van der Waals surface area contributed by atoms with Crippen LogP contribution in [-0.2, 0) is 13.1 Å². The van der Waals surface area contributed by atoms with E-state index in [1.54, 1.807) is 0 Å². The second-order valence-corrected chi connectivity index (χ2v) is 5.01. The van der Waals surface area contributed by atoms with Crippen molar-refractivity contribution in [3.05, 3.63) is 35.4 Å². The molecule has 5 nitrogen and oxygen atoms in total. The Hall–Kier alpha value is -1.62. The van der Waals surface area contributed by atoms with Gasteiger partial charge in [0.1, 0.15) is 11.4 Å². The number of hydrogen-bond acceptors (Lipinski definition) is 4. The van der Waals surface area contributed by atoms with Crippen LogP contribution >= 0.6 is 0 Å². The van der Waals surface area contributed by atoms with Gasteiger partial charge in [0.05, 0.1) is 6.54 Å². The summed E-state index contributed by atoms with van der Waals surface area (Å²) in [5.41, 5.74) is 3.01. The lowest BCUT2D eigenvalue weighted by atomic mass is 10.2. The van der Waals surface area contributed by atoms with Gasteiger partial charge in [-0.25, -0.2) is 4.63 Å². The van der Waals surface area contributed by atoms with Gasteiger partial charge in [0.2, 0.25) is 0 Å². The lowest BCUT2D eigenvalue weighted by molar-refractivity contribution is 0.300.